The third-order valence-corrected chi connectivity index (χ3v) is 5.96. The van der Waals surface area contributed by atoms with Crippen LogP contribution in [0.4, 0.5) is 0 Å². The van der Waals surface area contributed by atoms with E-state index in [0.717, 1.165) is 17.3 Å². The molecule has 0 saturated carbocycles. The maximum atomic E-state index is 12.0. The van der Waals surface area contributed by atoms with Crippen molar-refractivity contribution in [1.29, 1.82) is 0 Å². The SMILES string of the molecule is CCOC(=O)c1sc(C(C)NC(=NC)NCCSc2ccccc2)nc1C.I. The fourth-order valence-corrected chi connectivity index (χ4v) is 4.06. The van der Waals surface area contributed by atoms with Gasteiger partial charge in [0.15, 0.2) is 5.96 Å². The number of rotatable bonds is 8. The number of hydrogen-bond donors (Lipinski definition) is 2. The summed E-state index contributed by atoms with van der Waals surface area (Å²) in [6.07, 6.45) is 0. The summed E-state index contributed by atoms with van der Waals surface area (Å²) in [5.74, 6) is 1.33. The van der Waals surface area contributed by atoms with Gasteiger partial charge in [-0.15, -0.1) is 47.1 Å². The molecule has 0 spiro atoms. The normalized spacial score (nSPS) is 12.1. The van der Waals surface area contributed by atoms with Crippen molar-refractivity contribution in [2.75, 3.05) is 26.0 Å². The Morgan fingerprint density at radius 3 is 2.71 bits per heavy atom. The van der Waals surface area contributed by atoms with Crippen LogP contribution in [-0.4, -0.2) is 42.9 Å². The summed E-state index contributed by atoms with van der Waals surface area (Å²) in [6.45, 7) is 6.77. The molecule has 1 aromatic heterocycles. The highest BCUT2D eigenvalue weighted by Crippen LogP contribution is 2.24. The second kappa shape index (κ2) is 13.0. The molecule has 1 aromatic carbocycles. The largest absolute Gasteiger partial charge is 0.462 e. The number of carbonyl (C=O) groups excluding carboxylic acids is 1. The summed E-state index contributed by atoms with van der Waals surface area (Å²) < 4.78 is 5.08. The van der Waals surface area contributed by atoms with Crippen LogP contribution in [0.3, 0.4) is 0 Å². The standard InChI is InChI=1S/C19H26N4O2S2.HI/c1-5-25-18(24)16-13(2)22-17(27-16)14(3)23-19(20-4)21-11-12-26-15-9-7-6-8-10-15;/h6-10,14H,5,11-12H2,1-4H3,(H2,20,21,23);1H. The molecular formula is C19H27IN4O2S2. The lowest BCUT2D eigenvalue weighted by Gasteiger charge is -2.16. The van der Waals surface area contributed by atoms with Crippen molar-refractivity contribution in [3.8, 4) is 0 Å². The van der Waals surface area contributed by atoms with Crippen molar-refractivity contribution >= 4 is 59.0 Å². The maximum absolute atomic E-state index is 12.0. The minimum absolute atomic E-state index is 0. The van der Waals surface area contributed by atoms with Crippen LogP contribution in [0.15, 0.2) is 40.2 Å². The Kier molecular flexibility index (Phi) is 11.5. The highest BCUT2D eigenvalue weighted by atomic mass is 127. The van der Waals surface area contributed by atoms with Gasteiger partial charge in [-0.2, -0.15) is 0 Å². The van der Waals surface area contributed by atoms with E-state index in [4.69, 9.17) is 4.74 Å². The molecule has 9 heteroatoms. The van der Waals surface area contributed by atoms with E-state index in [2.05, 4.69) is 32.7 Å². The number of thioether (sulfide) groups is 1. The molecule has 0 aliphatic heterocycles. The number of aliphatic imine (C=N–C) groups is 1. The van der Waals surface area contributed by atoms with Crippen LogP contribution in [0.1, 0.15) is 40.3 Å². The molecular weight excluding hydrogens is 507 g/mol. The lowest BCUT2D eigenvalue weighted by Crippen LogP contribution is -2.39. The van der Waals surface area contributed by atoms with E-state index in [0.29, 0.717) is 23.1 Å². The summed E-state index contributed by atoms with van der Waals surface area (Å²) in [4.78, 5) is 22.5. The monoisotopic (exact) mass is 534 g/mol. The van der Waals surface area contributed by atoms with Crippen LogP contribution in [0, 0.1) is 6.92 Å². The van der Waals surface area contributed by atoms with Gasteiger partial charge < -0.3 is 15.4 Å². The van der Waals surface area contributed by atoms with E-state index in [1.54, 1.807) is 25.7 Å². The van der Waals surface area contributed by atoms with Crippen molar-refractivity contribution in [2.24, 2.45) is 4.99 Å². The van der Waals surface area contributed by atoms with Crippen LogP contribution in [0.25, 0.3) is 0 Å². The number of halogens is 1. The van der Waals surface area contributed by atoms with Gasteiger partial charge in [-0.25, -0.2) is 9.78 Å². The molecule has 0 radical (unpaired) electrons. The molecule has 6 nitrogen and oxygen atoms in total. The topological polar surface area (TPSA) is 75.6 Å². The number of aromatic nitrogens is 1. The molecule has 1 unspecified atom stereocenters. The van der Waals surface area contributed by atoms with E-state index < -0.39 is 0 Å². The van der Waals surface area contributed by atoms with Crippen molar-refractivity contribution in [1.82, 2.24) is 15.6 Å². The second-order valence-corrected chi connectivity index (χ2v) is 7.91. The zero-order chi connectivity index (χ0) is 19.6. The highest BCUT2D eigenvalue weighted by Gasteiger charge is 2.20. The average molecular weight is 534 g/mol. The third-order valence-electron chi connectivity index (χ3n) is 3.63. The summed E-state index contributed by atoms with van der Waals surface area (Å²) in [5.41, 5.74) is 0.698. The first kappa shape index (κ1) is 24.7. The average Bonchev–Trinajstić information content (AvgIpc) is 3.07. The highest BCUT2D eigenvalue weighted by molar-refractivity contribution is 14.0. The van der Waals surface area contributed by atoms with Crippen molar-refractivity contribution in [3.05, 3.63) is 45.9 Å². The van der Waals surface area contributed by atoms with Gasteiger partial charge in [0.25, 0.3) is 0 Å². The predicted molar refractivity (Wildman–Crippen MR) is 128 cm³/mol. The van der Waals surface area contributed by atoms with Gasteiger partial charge in [-0.1, -0.05) is 18.2 Å². The fourth-order valence-electron chi connectivity index (χ4n) is 2.31. The van der Waals surface area contributed by atoms with Gasteiger partial charge in [-0.3, -0.25) is 4.99 Å². The zero-order valence-electron chi connectivity index (χ0n) is 16.5. The molecule has 0 bridgehead atoms. The van der Waals surface area contributed by atoms with Crippen molar-refractivity contribution < 1.29 is 9.53 Å². The first-order valence-electron chi connectivity index (χ1n) is 8.84. The first-order valence-corrected chi connectivity index (χ1v) is 10.6. The second-order valence-electron chi connectivity index (χ2n) is 5.71. The number of benzene rings is 1. The van der Waals surface area contributed by atoms with E-state index >= 15 is 0 Å². The van der Waals surface area contributed by atoms with Gasteiger partial charge in [0.2, 0.25) is 0 Å². The predicted octanol–water partition coefficient (Wildman–Crippen LogP) is 4.26. The Labute approximate surface area is 192 Å². The summed E-state index contributed by atoms with van der Waals surface area (Å²) in [7, 11) is 1.74. The van der Waals surface area contributed by atoms with Gasteiger partial charge in [0, 0.05) is 24.2 Å². The Hall–Kier alpha value is -1.33. The van der Waals surface area contributed by atoms with Crippen LogP contribution < -0.4 is 10.6 Å². The molecule has 0 fully saturated rings. The van der Waals surface area contributed by atoms with Crippen LogP contribution >= 0.6 is 47.1 Å². The molecule has 2 aromatic rings. The number of hydrogen-bond acceptors (Lipinski definition) is 6. The van der Waals surface area contributed by atoms with Gasteiger partial charge >= 0.3 is 5.97 Å². The Bertz CT molecular complexity index is 769. The number of esters is 1. The molecule has 154 valence electrons. The van der Waals surface area contributed by atoms with E-state index in [1.165, 1.54) is 16.2 Å². The van der Waals surface area contributed by atoms with Gasteiger partial charge in [0.05, 0.1) is 18.3 Å². The number of nitrogens with zero attached hydrogens (tertiary/aromatic N) is 2. The molecule has 2 rings (SSSR count). The first-order chi connectivity index (χ1) is 13.0. The van der Waals surface area contributed by atoms with E-state index in [-0.39, 0.29) is 36.0 Å². The molecule has 1 heterocycles. The minimum atomic E-state index is -0.314. The Morgan fingerprint density at radius 2 is 2.07 bits per heavy atom. The van der Waals surface area contributed by atoms with Crippen molar-refractivity contribution in [3.63, 3.8) is 0 Å². The lowest BCUT2D eigenvalue weighted by molar-refractivity contribution is 0.0531. The molecule has 2 N–H and O–H groups in total. The number of guanidine groups is 1. The summed E-state index contributed by atoms with van der Waals surface area (Å²) in [6, 6.07) is 10.2. The lowest BCUT2D eigenvalue weighted by atomic mass is 10.3. The molecule has 0 aliphatic rings. The van der Waals surface area contributed by atoms with Crippen molar-refractivity contribution in [2.45, 2.75) is 31.7 Å². The summed E-state index contributed by atoms with van der Waals surface area (Å²) >= 11 is 3.15. The van der Waals surface area contributed by atoms with E-state index in [9.17, 15) is 4.79 Å². The minimum Gasteiger partial charge on any atom is -0.462 e. The number of nitrogens with one attached hydrogen (secondary N) is 2. The maximum Gasteiger partial charge on any atom is 0.350 e. The third kappa shape index (κ3) is 7.59. The zero-order valence-corrected chi connectivity index (χ0v) is 20.5. The Balaban J connectivity index is 0.00000392. The van der Waals surface area contributed by atoms with Crippen LogP contribution in [0.5, 0.6) is 0 Å². The molecule has 0 aliphatic carbocycles. The molecule has 1 atom stereocenters. The quantitative estimate of drug-likeness (QED) is 0.132. The summed E-state index contributed by atoms with van der Waals surface area (Å²) in [5, 5.41) is 7.46. The number of carbonyl (C=O) groups is 1. The number of thiazole rings is 1. The van der Waals surface area contributed by atoms with Gasteiger partial charge in [0.1, 0.15) is 9.88 Å². The molecule has 28 heavy (non-hydrogen) atoms. The molecule has 0 amide bonds. The van der Waals surface area contributed by atoms with Crippen LogP contribution in [0.2, 0.25) is 0 Å². The number of aryl methyl sites for hydroxylation is 1. The Morgan fingerprint density at radius 1 is 1.36 bits per heavy atom. The van der Waals surface area contributed by atoms with Crippen LogP contribution in [-0.2, 0) is 4.74 Å². The fraction of sp³-hybridized carbons (Fsp3) is 0.421. The molecule has 0 saturated heterocycles. The van der Waals surface area contributed by atoms with E-state index in [1.807, 2.05) is 32.0 Å². The smallest absolute Gasteiger partial charge is 0.350 e. The number of ether oxygens (including phenoxy) is 1. The van der Waals surface area contributed by atoms with Gasteiger partial charge in [-0.05, 0) is 32.9 Å².